The van der Waals surface area contributed by atoms with Gasteiger partial charge in [-0.3, -0.25) is 5.43 Å². The van der Waals surface area contributed by atoms with E-state index in [-0.39, 0.29) is 0 Å². The van der Waals surface area contributed by atoms with Gasteiger partial charge in [0, 0.05) is 5.69 Å². The maximum atomic E-state index is 5.30. The van der Waals surface area contributed by atoms with E-state index in [1.165, 1.54) is 22.3 Å². The summed E-state index contributed by atoms with van der Waals surface area (Å²) in [7, 11) is 0. The van der Waals surface area contributed by atoms with Gasteiger partial charge in [-0.05, 0) is 59.9 Å². The van der Waals surface area contributed by atoms with E-state index < -0.39 is 0 Å². The fourth-order valence-electron chi connectivity index (χ4n) is 2.59. The van der Waals surface area contributed by atoms with E-state index in [4.69, 9.17) is 12.2 Å². The number of hydrogen-bond donors (Lipinski definition) is 2. The molecule has 0 atom stereocenters. The monoisotopic (exact) mass is 359 g/mol. The molecule has 0 amide bonds. The molecule has 0 bridgehead atoms. The lowest BCUT2D eigenvalue weighted by atomic mass is 10.0. The van der Waals surface area contributed by atoms with Gasteiger partial charge in [0.05, 0.1) is 6.21 Å². The molecule has 0 aliphatic heterocycles. The van der Waals surface area contributed by atoms with Crippen molar-refractivity contribution < 1.29 is 0 Å². The van der Waals surface area contributed by atoms with Crippen LogP contribution < -0.4 is 10.7 Å². The van der Waals surface area contributed by atoms with E-state index in [0.29, 0.717) is 5.11 Å². The van der Waals surface area contributed by atoms with Gasteiger partial charge in [-0.2, -0.15) is 5.10 Å². The molecule has 0 fully saturated rings. The second-order valence-electron chi connectivity index (χ2n) is 6.06. The van der Waals surface area contributed by atoms with Crippen molar-refractivity contribution in [1.29, 1.82) is 0 Å². The Kier molecular flexibility index (Phi) is 5.77. The number of nitrogens with one attached hydrogen (secondary N) is 2. The van der Waals surface area contributed by atoms with Crippen LogP contribution in [0.1, 0.15) is 16.7 Å². The molecular formula is C22H21N3S. The van der Waals surface area contributed by atoms with E-state index in [1.807, 2.05) is 42.5 Å². The van der Waals surface area contributed by atoms with Gasteiger partial charge in [0.2, 0.25) is 0 Å². The van der Waals surface area contributed by atoms with E-state index in [9.17, 15) is 0 Å². The number of rotatable bonds is 4. The summed E-state index contributed by atoms with van der Waals surface area (Å²) in [5.41, 5.74) is 9.64. The van der Waals surface area contributed by atoms with Crippen molar-refractivity contribution in [2.45, 2.75) is 13.8 Å². The number of nitrogens with zero attached hydrogens (tertiary/aromatic N) is 1. The molecular weight excluding hydrogens is 338 g/mol. The molecule has 3 aromatic carbocycles. The molecule has 0 saturated carbocycles. The molecule has 0 aliphatic rings. The molecule has 3 rings (SSSR count). The zero-order valence-electron chi connectivity index (χ0n) is 14.9. The molecule has 0 spiro atoms. The third kappa shape index (κ3) is 4.55. The Morgan fingerprint density at radius 1 is 0.846 bits per heavy atom. The van der Waals surface area contributed by atoms with Gasteiger partial charge in [0.15, 0.2) is 5.11 Å². The summed E-state index contributed by atoms with van der Waals surface area (Å²) in [4.78, 5) is 0. The number of hydrazone groups is 1. The van der Waals surface area contributed by atoms with Crippen LogP contribution in [0.2, 0.25) is 0 Å². The summed E-state index contributed by atoms with van der Waals surface area (Å²) in [5, 5.41) is 7.86. The lowest BCUT2D eigenvalue weighted by Gasteiger charge is -2.11. The van der Waals surface area contributed by atoms with E-state index >= 15 is 0 Å². The molecule has 26 heavy (non-hydrogen) atoms. The fraction of sp³-hybridized carbons (Fsp3) is 0.0909. The average Bonchev–Trinajstić information content (AvgIpc) is 2.67. The zero-order chi connectivity index (χ0) is 18.4. The molecule has 0 aromatic heterocycles. The predicted octanol–water partition coefficient (Wildman–Crippen LogP) is 5.29. The summed E-state index contributed by atoms with van der Waals surface area (Å²) in [6.45, 7) is 4.14. The second-order valence-corrected chi connectivity index (χ2v) is 6.47. The second kappa shape index (κ2) is 8.41. The maximum absolute atomic E-state index is 5.30. The summed E-state index contributed by atoms with van der Waals surface area (Å²) >= 11 is 5.30. The first kappa shape index (κ1) is 17.8. The minimum absolute atomic E-state index is 0.468. The van der Waals surface area contributed by atoms with Gasteiger partial charge in [-0.25, -0.2) is 0 Å². The third-order valence-corrected chi connectivity index (χ3v) is 4.44. The van der Waals surface area contributed by atoms with E-state index in [2.05, 4.69) is 60.0 Å². The van der Waals surface area contributed by atoms with Gasteiger partial charge >= 0.3 is 0 Å². The maximum Gasteiger partial charge on any atom is 0.191 e. The average molecular weight is 359 g/mol. The highest BCUT2D eigenvalue weighted by Crippen LogP contribution is 2.19. The highest BCUT2D eigenvalue weighted by atomic mass is 32.1. The molecule has 4 heteroatoms. The molecule has 130 valence electrons. The minimum atomic E-state index is 0.468. The van der Waals surface area contributed by atoms with Crippen LogP contribution in [0.25, 0.3) is 11.1 Å². The number of hydrogen-bond acceptors (Lipinski definition) is 2. The van der Waals surface area contributed by atoms with Crippen molar-refractivity contribution in [2.24, 2.45) is 5.10 Å². The summed E-state index contributed by atoms with van der Waals surface area (Å²) in [6, 6.07) is 24.6. The smallest absolute Gasteiger partial charge is 0.191 e. The van der Waals surface area contributed by atoms with Crippen LogP contribution in [0.15, 0.2) is 77.9 Å². The SMILES string of the molecule is Cc1cccc(NC(=S)NN=Cc2ccc(-c3ccccc3)cc2)c1C. The Morgan fingerprint density at radius 3 is 2.27 bits per heavy atom. The van der Waals surface area contributed by atoms with Gasteiger partial charge in [-0.1, -0.05) is 66.7 Å². The normalized spacial score (nSPS) is 10.7. The molecule has 3 aromatic rings. The lowest BCUT2D eigenvalue weighted by Crippen LogP contribution is -2.24. The summed E-state index contributed by atoms with van der Waals surface area (Å²) in [5.74, 6) is 0. The molecule has 0 aliphatic carbocycles. The molecule has 0 radical (unpaired) electrons. The number of benzene rings is 3. The summed E-state index contributed by atoms with van der Waals surface area (Å²) in [6.07, 6.45) is 1.76. The van der Waals surface area contributed by atoms with Crippen molar-refractivity contribution in [3.63, 3.8) is 0 Å². The van der Waals surface area contributed by atoms with E-state index in [0.717, 1.165) is 11.3 Å². The Bertz CT molecular complexity index is 916. The van der Waals surface area contributed by atoms with Crippen LogP contribution in [-0.2, 0) is 0 Å². The largest absolute Gasteiger partial charge is 0.331 e. The van der Waals surface area contributed by atoms with Gasteiger partial charge in [0.1, 0.15) is 0 Å². The molecule has 0 heterocycles. The quantitative estimate of drug-likeness (QED) is 0.377. The fourth-order valence-corrected chi connectivity index (χ4v) is 2.76. The van der Waals surface area contributed by atoms with Gasteiger partial charge in [-0.15, -0.1) is 0 Å². The highest BCUT2D eigenvalue weighted by Gasteiger charge is 2.02. The van der Waals surface area contributed by atoms with E-state index in [1.54, 1.807) is 6.21 Å². The van der Waals surface area contributed by atoms with Crippen LogP contribution in [0.3, 0.4) is 0 Å². The standard InChI is InChI=1S/C22H21N3S/c1-16-7-6-10-21(17(16)2)24-22(26)25-23-15-18-11-13-20(14-12-18)19-8-4-3-5-9-19/h3-15H,1-2H3,(H2,24,25,26). The minimum Gasteiger partial charge on any atom is -0.331 e. The van der Waals surface area contributed by atoms with Gasteiger partial charge < -0.3 is 5.32 Å². The highest BCUT2D eigenvalue weighted by molar-refractivity contribution is 7.80. The Balaban J connectivity index is 1.58. The first-order valence-corrected chi connectivity index (χ1v) is 8.86. The van der Waals surface area contributed by atoms with Crippen LogP contribution >= 0.6 is 12.2 Å². The Morgan fingerprint density at radius 2 is 1.54 bits per heavy atom. The number of thiocarbonyl (C=S) groups is 1. The van der Waals surface area contributed by atoms with Crippen molar-refractivity contribution in [1.82, 2.24) is 5.43 Å². The molecule has 0 unspecified atom stereocenters. The van der Waals surface area contributed by atoms with Crippen molar-refractivity contribution in [3.8, 4) is 11.1 Å². The lowest BCUT2D eigenvalue weighted by molar-refractivity contribution is 1.05. The Labute approximate surface area is 159 Å². The molecule has 2 N–H and O–H groups in total. The van der Waals surface area contributed by atoms with Crippen LogP contribution in [-0.4, -0.2) is 11.3 Å². The van der Waals surface area contributed by atoms with Crippen molar-refractivity contribution in [3.05, 3.63) is 89.5 Å². The zero-order valence-corrected chi connectivity index (χ0v) is 15.7. The molecule has 0 saturated heterocycles. The first-order chi connectivity index (χ1) is 12.6. The predicted molar refractivity (Wildman–Crippen MR) is 115 cm³/mol. The van der Waals surface area contributed by atoms with Crippen LogP contribution in [0.4, 0.5) is 5.69 Å². The number of aryl methyl sites for hydroxylation is 1. The summed E-state index contributed by atoms with van der Waals surface area (Å²) < 4.78 is 0. The first-order valence-electron chi connectivity index (χ1n) is 8.45. The van der Waals surface area contributed by atoms with Crippen molar-refractivity contribution >= 4 is 29.2 Å². The van der Waals surface area contributed by atoms with Crippen LogP contribution in [0, 0.1) is 13.8 Å². The van der Waals surface area contributed by atoms with Gasteiger partial charge in [0.25, 0.3) is 0 Å². The molecule has 3 nitrogen and oxygen atoms in total. The topological polar surface area (TPSA) is 36.4 Å². The van der Waals surface area contributed by atoms with Crippen LogP contribution in [0.5, 0.6) is 0 Å². The third-order valence-electron chi connectivity index (χ3n) is 4.25. The number of anilines is 1. The Hall–Kier alpha value is -2.98. The van der Waals surface area contributed by atoms with Crippen molar-refractivity contribution in [2.75, 3.05) is 5.32 Å².